The van der Waals surface area contributed by atoms with Gasteiger partial charge in [-0.3, -0.25) is 14.4 Å². The van der Waals surface area contributed by atoms with Crippen LogP contribution in [-0.4, -0.2) is 39.3 Å². The molecule has 4 rings (SSSR count). The first-order chi connectivity index (χ1) is 11.8. The molecule has 126 valence electrons. The monoisotopic (exact) mass is 336 g/mol. The van der Waals surface area contributed by atoms with E-state index in [0.29, 0.717) is 0 Å². The summed E-state index contributed by atoms with van der Waals surface area (Å²) in [6.45, 7) is 1.22. The normalized spacial score (nSPS) is 25.8. The van der Waals surface area contributed by atoms with E-state index in [-0.39, 0.29) is 35.1 Å². The van der Waals surface area contributed by atoms with Crippen LogP contribution >= 0.6 is 0 Å². The van der Waals surface area contributed by atoms with E-state index in [1.807, 2.05) is 24.3 Å². The van der Waals surface area contributed by atoms with Crippen molar-refractivity contribution in [2.75, 3.05) is 0 Å². The molecular weight excluding hydrogens is 320 g/mol. The molecule has 2 aromatic rings. The number of aliphatic hydroxyl groups is 2. The molecule has 2 aliphatic rings. The first-order valence-corrected chi connectivity index (χ1v) is 8.08. The van der Waals surface area contributed by atoms with Crippen LogP contribution in [0, 0.1) is 0 Å². The summed E-state index contributed by atoms with van der Waals surface area (Å²) in [5.41, 5.74) is -1.25. The SMILES string of the molecule is CC(=O)[C@@]1(O)CC2=C(C(=O)c3cc4ccccc4cc3C2=O)[C@@H](O)C1. The van der Waals surface area contributed by atoms with Crippen LogP contribution in [0.25, 0.3) is 10.8 Å². The van der Waals surface area contributed by atoms with Gasteiger partial charge < -0.3 is 10.2 Å². The molecule has 5 heteroatoms. The highest BCUT2D eigenvalue weighted by atomic mass is 16.3. The van der Waals surface area contributed by atoms with Gasteiger partial charge in [0, 0.05) is 35.1 Å². The third-order valence-corrected chi connectivity index (χ3v) is 5.21. The molecule has 0 amide bonds. The van der Waals surface area contributed by atoms with Gasteiger partial charge in [-0.1, -0.05) is 24.3 Å². The summed E-state index contributed by atoms with van der Waals surface area (Å²) in [5, 5.41) is 22.5. The number of ketones is 3. The van der Waals surface area contributed by atoms with Crippen LogP contribution in [0.5, 0.6) is 0 Å². The van der Waals surface area contributed by atoms with E-state index in [0.717, 1.165) is 10.8 Å². The Morgan fingerprint density at radius 1 is 1.08 bits per heavy atom. The van der Waals surface area contributed by atoms with E-state index >= 15 is 0 Å². The topological polar surface area (TPSA) is 91.7 Å². The van der Waals surface area contributed by atoms with Crippen LogP contribution in [0.3, 0.4) is 0 Å². The Morgan fingerprint density at radius 2 is 1.64 bits per heavy atom. The molecule has 0 aliphatic heterocycles. The maximum Gasteiger partial charge on any atom is 0.192 e. The summed E-state index contributed by atoms with van der Waals surface area (Å²) in [6, 6.07) is 10.7. The fraction of sp³-hybridized carbons (Fsp3) is 0.250. The van der Waals surface area contributed by atoms with Crippen molar-refractivity contribution < 1.29 is 24.6 Å². The summed E-state index contributed by atoms with van der Waals surface area (Å²) >= 11 is 0. The van der Waals surface area contributed by atoms with Gasteiger partial charge in [0.05, 0.1) is 6.10 Å². The lowest BCUT2D eigenvalue weighted by molar-refractivity contribution is -0.138. The Kier molecular flexibility index (Phi) is 3.29. The highest BCUT2D eigenvalue weighted by Gasteiger charge is 2.48. The summed E-state index contributed by atoms with van der Waals surface area (Å²) in [4.78, 5) is 37.6. The number of Topliss-reactive ketones (excluding diaryl/α,β-unsaturated/α-hetero) is 3. The van der Waals surface area contributed by atoms with Crippen molar-refractivity contribution in [3.05, 3.63) is 58.7 Å². The van der Waals surface area contributed by atoms with E-state index < -0.39 is 29.1 Å². The average Bonchev–Trinajstić information content (AvgIpc) is 2.57. The zero-order valence-corrected chi connectivity index (χ0v) is 13.6. The number of hydrogen-bond acceptors (Lipinski definition) is 5. The van der Waals surface area contributed by atoms with Crippen LogP contribution in [0.2, 0.25) is 0 Å². The number of benzene rings is 2. The molecule has 5 nitrogen and oxygen atoms in total. The molecule has 2 aliphatic carbocycles. The predicted octanol–water partition coefficient (Wildman–Crippen LogP) is 1.99. The Morgan fingerprint density at radius 3 is 2.20 bits per heavy atom. The molecule has 25 heavy (non-hydrogen) atoms. The molecule has 0 heterocycles. The van der Waals surface area contributed by atoms with Gasteiger partial charge >= 0.3 is 0 Å². The Hall–Kier alpha value is -2.63. The molecule has 0 saturated heterocycles. The van der Waals surface area contributed by atoms with Gasteiger partial charge in [0.15, 0.2) is 17.3 Å². The first kappa shape index (κ1) is 15.9. The van der Waals surface area contributed by atoms with Gasteiger partial charge in [-0.2, -0.15) is 0 Å². The summed E-state index contributed by atoms with van der Waals surface area (Å²) in [7, 11) is 0. The van der Waals surface area contributed by atoms with Gasteiger partial charge in [-0.05, 0) is 29.8 Å². The van der Waals surface area contributed by atoms with Gasteiger partial charge in [0.2, 0.25) is 0 Å². The highest BCUT2D eigenvalue weighted by molar-refractivity contribution is 6.29. The lowest BCUT2D eigenvalue weighted by Gasteiger charge is -2.37. The molecule has 2 atom stereocenters. The molecule has 0 fully saturated rings. The summed E-state index contributed by atoms with van der Waals surface area (Å²) < 4.78 is 0. The number of rotatable bonds is 1. The first-order valence-electron chi connectivity index (χ1n) is 8.08. The van der Waals surface area contributed by atoms with Crippen molar-refractivity contribution in [1.82, 2.24) is 0 Å². The average molecular weight is 336 g/mol. The fourth-order valence-corrected chi connectivity index (χ4v) is 3.77. The minimum Gasteiger partial charge on any atom is -0.388 e. The molecule has 0 spiro atoms. The number of carbonyl (C=O) groups excluding carboxylic acids is 3. The van der Waals surface area contributed by atoms with E-state index in [1.165, 1.54) is 6.92 Å². The largest absolute Gasteiger partial charge is 0.388 e. The lowest BCUT2D eigenvalue weighted by Crippen LogP contribution is -2.48. The Labute approximate surface area is 143 Å². The van der Waals surface area contributed by atoms with E-state index in [2.05, 4.69) is 0 Å². The minimum absolute atomic E-state index is 0.0127. The maximum atomic E-state index is 13.0. The van der Waals surface area contributed by atoms with Crippen LogP contribution in [0.15, 0.2) is 47.5 Å². The number of fused-ring (bicyclic) bond motifs is 2. The second-order valence-electron chi connectivity index (χ2n) is 6.78. The zero-order chi connectivity index (χ0) is 17.9. The van der Waals surface area contributed by atoms with Gasteiger partial charge in [-0.25, -0.2) is 0 Å². The van der Waals surface area contributed by atoms with Crippen molar-refractivity contribution in [3.8, 4) is 0 Å². The van der Waals surface area contributed by atoms with Gasteiger partial charge in [0.1, 0.15) is 5.60 Å². The third-order valence-electron chi connectivity index (χ3n) is 5.21. The Balaban J connectivity index is 1.93. The number of aliphatic hydroxyl groups excluding tert-OH is 1. The van der Waals surface area contributed by atoms with Gasteiger partial charge in [-0.15, -0.1) is 0 Å². The molecule has 0 radical (unpaired) electrons. The number of hydrogen-bond donors (Lipinski definition) is 2. The number of carbonyl (C=O) groups is 3. The van der Waals surface area contributed by atoms with E-state index in [9.17, 15) is 24.6 Å². The van der Waals surface area contributed by atoms with Crippen molar-refractivity contribution >= 4 is 28.1 Å². The fourth-order valence-electron chi connectivity index (χ4n) is 3.77. The quantitative estimate of drug-likeness (QED) is 0.831. The predicted molar refractivity (Wildman–Crippen MR) is 90.5 cm³/mol. The zero-order valence-electron chi connectivity index (χ0n) is 13.6. The van der Waals surface area contributed by atoms with Crippen LogP contribution in [0.4, 0.5) is 0 Å². The smallest absolute Gasteiger partial charge is 0.192 e. The lowest BCUT2D eigenvalue weighted by atomic mass is 9.69. The molecule has 0 bridgehead atoms. The van der Waals surface area contributed by atoms with Crippen molar-refractivity contribution in [1.29, 1.82) is 0 Å². The standard InChI is InChI=1S/C20H16O5/c1-10(21)20(25)8-15-17(16(22)9-20)19(24)14-7-12-5-3-2-4-11(12)6-13(14)18(15)23/h2-7,16,22,25H,8-9H2,1H3/t16-,20+/m0/s1. The molecular formula is C20H16O5. The van der Waals surface area contributed by atoms with Crippen LogP contribution in [0.1, 0.15) is 40.5 Å². The second kappa shape index (κ2) is 5.18. The van der Waals surface area contributed by atoms with Crippen LogP contribution in [-0.2, 0) is 4.79 Å². The van der Waals surface area contributed by atoms with E-state index in [1.54, 1.807) is 12.1 Å². The van der Waals surface area contributed by atoms with Gasteiger partial charge in [0.25, 0.3) is 0 Å². The summed E-state index contributed by atoms with van der Waals surface area (Å²) in [5.74, 6) is -1.34. The van der Waals surface area contributed by atoms with E-state index in [4.69, 9.17) is 0 Å². The molecule has 2 aromatic carbocycles. The van der Waals surface area contributed by atoms with Crippen molar-refractivity contribution in [3.63, 3.8) is 0 Å². The Bertz CT molecular complexity index is 1000. The molecule has 0 aromatic heterocycles. The highest BCUT2D eigenvalue weighted by Crippen LogP contribution is 2.41. The maximum absolute atomic E-state index is 13.0. The molecule has 2 N–H and O–H groups in total. The summed E-state index contributed by atoms with van der Waals surface area (Å²) in [6.07, 6.45) is -1.86. The minimum atomic E-state index is -1.82. The van der Waals surface area contributed by atoms with Crippen LogP contribution < -0.4 is 0 Å². The molecule has 0 saturated carbocycles. The second-order valence-corrected chi connectivity index (χ2v) is 6.78. The molecule has 0 unspecified atom stereocenters. The third kappa shape index (κ3) is 2.20. The van der Waals surface area contributed by atoms with Crippen molar-refractivity contribution in [2.45, 2.75) is 31.5 Å². The van der Waals surface area contributed by atoms with Crippen molar-refractivity contribution in [2.24, 2.45) is 0 Å².